The van der Waals surface area contributed by atoms with Crippen molar-refractivity contribution in [1.29, 1.82) is 0 Å². The highest BCUT2D eigenvalue weighted by molar-refractivity contribution is 14.0. The second-order valence-corrected chi connectivity index (χ2v) is 6.23. The van der Waals surface area contributed by atoms with Crippen molar-refractivity contribution in [3.05, 3.63) is 16.1 Å². The van der Waals surface area contributed by atoms with Gasteiger partial charge in [0.25, 0.3) is 0 Å². The number of rotatable bonds is 6. The van der Waals surface area contributed by atoms with Crippen LogP contribution in [0.2, 0.25) is 0 Å². The van der Waals surface area contributed by atoms with Crippen LogP contribution in [0, 0.1) is 5.92 Å². The monoisotopic (exact) mass is 410 g/mol. The summed E-state index contributed by atoms with van der Waals surface area (Å²) in [6, 6.07) is 0. The second kappa shape index (κ2) is 10.4. The molecule has 20 heavy (non-hydrogen) atoms. The molecule has 6 heteroatoms. The zero-order valence-corrected chi connectivity index (χ0v) is 16.2. The Balaban J connectivity index is 0.00000361. The average molecular weight is 410 g/mol. The van der Waals surface area contributed by atoms with Crippen molar-refractivity contribution in [2.75, 3.05) is 13.1 Å². The number of halogens is 1. The van der Waals surface area contributed by atoms with E-state index in [0.717, 1.165) is 29.8 Å². The van der Waals surface area contributed by atoms with Crippen molar-refractivity contribution in [1.82, 2.24) is 15.6 Å². The molecule has 0 saturated carbocycles. The second-order valence-electron chi connectivity index (χ2n) is 5.29. The summed E-state index contributed by atoms with van der Waals surface area (Å²) in [5, 5.41) is 9.79. The summed E-state index contributed by atoms with van der Waals surface area (Å²) in [5.74, 6) is 1.97. The fraction of sp³-hybridized carbons (Fsp3) is 0.714. The SMILES string of the molecule is CCNC(=NCc1nc(C(C)C)cs1)NCC(C)C.I. The Kier molecular flexibility index (Phi) is 10.2. The van der Waals surface area contributed by atoms with Gasteiger partial charge in [-0.3, -0.25) is 0 Å². The van der Waals surface area contributed by atoms with Crippen LogP contribution in [0.1, 0.15) is 51.2 Å². The van der Waals surface area contributed by atoms with E-state index < -0.39 is 0 Å². The Morgan fingerprint density at radius 3 is 2.50 bits per heavy atom. The lowest BCUT2D eigenvalue weighted by molar-refractivity contribution is 0.615. The molecule has 4 nitrogen and oxygen atoms in total. The summed E-state index contributed by atoms with van der Waals surface area (Å²) in [7, 11) is 0. The standard InChI is InChI=1S/C14H26N4S.HI/c1-6-15-14(16-7-10(2)3)17-8-13-18-12(9-19-13)11(4)5;/h9-11H,6-8H2,1-5H3,(H2,15,16,17);1H. The van der Waals surface area contributed by atoms with Crippen LogP contribution >= 0.6 is 35.3 Å². The molecule has 1 rings (SSSR count). The first-order valence-electron chi connectivity index (χ1n) is 6.99. The van der Waals surface area contributed by atoms with Crippen molar-refractivity contribution in [3.63, 3.8) is 0 Å². The fourth-order valence-electron chi connectivity index (χ4n) is 1.45. The van der Waals surface area contributed by atoms with Gasteiger partial charge in [-0.1, -0.05) is 27.7 Å². The maximum Gasteiger partial charge on any atom is 0.191 e. The van der Waals surface area contributed by atoms with Crippen LogP contribution < -0.4 is 10.6 Å². The van der Waals surface area contributed by atoms with E-state index in [2.05, 4.69) is 60.6 Å². The van der Waals surface area contributed by atoms with Crippen molar-refractivity contribution in [3.8, 4) is 0 Å². The van der Waals surface area contributed by atoms with Gasteiger partial charge in [-0.15, -0.1) is 35.3 Å². The molecule has 0 aliphatic heterocycles. The Bertz CT molecular complexity index is 402. The number of nitrogens with one attached hydrogen (secondary N) is 2. The molecule has 1 aromatic heterocycles. The van der Waals surface area contributed by atoms with Gasteiger partial charge in [-0.25, -0.2) is 9.98 Å². The number of nitrogens with zero attached hydrogens (tertiary/aromatic N) is 2. The quantitative estimate of drug-likeness (QED) is 0.428. The molecular formula is C14H27IN4S. The molecule has 0 spiro atoms. The molecule has 0 unspecified atom stereocenters. The summed E-state index contributed by atoms with van der Waals surface area (Å²) in [6.07, 6.45) is 0. The summed E-state index contributed by atoms with van der Waals surface area (Å²) in [4.78, 5) is 9.16. The van der Waals surface area contributed by atoms with Crippen LogP contribution in [-0.2, 0) is 6.54 Å². The summed E-state index contributed by atoms with van der Waals surface area (Å²) in [5.41, 5.74) is 1.16. The van der Waals surface area contributed by atoms with E-state index in [-0.39, 0.29) is 24.0 Å². The smallest absolute Gasteiger partial charge is 0.191 e. The molecule has 0 bridgehead atoms. The highest BCUT2D eigenvalue weighted by atomic mass is 127. The van der Waals surface area contributed by atoms with Crippen LogP contribution in [0.3, 0.4) is 0 Å². The molecule has 0 atom stereocenters. The van der Waals surface area contributed by atoms with Gasteiger partial charge in [0, 0.05) is 18.5 Å². The fourth-order valence-corrected chi connectivity index (χ4v) is 2.33. The van der Waals surface area contributed by atoms with Crippen LogP contribution in [-0.4, -0.2) is 24.0 Å². The van der Waals surface area contributed by atoms with E-state index in [1.165, 1.54) is 0 Å². The van der Waals surface area contributed by atoms with Gasteiger partial charge in [-0.2, -0.15) is 0 Å². The van der Waals surface area contributed by atoms with Crippen molar-refractivity contribution < 1.29 is 0 Å². The molecule has 2 N–H and O–H groups in total. The minimum Gasteiger partial charge on any atom is -0.357 e. The first-order valence-corrected chi connectivity index (χ1v) is 7.87. The lowest BCUT2D eigenvalue weighted by atomic mass is 10.2. The summed E-state index contributed by atoms with van der Waals surface area (Å²) >= 11 is 1.69. The van der Waals surface area contributed by atoms with E-state index in [1.54, 1.807) is 11.3 Å². The first kappa shape index (κ1) is 19.6. The van der Waals surface area contributed by atoms with Gasteiger partial charge in [0.2, 0.25) is 0 Å². The zero-order chi connectivity index (χ0) is 14.3. The molecule has 0 amide bonds. The number of guanidine groups is 1. The number of hydrogen-bond donors (Lipinski definition) is 2. The molecule has 0 aliphatic rings. The third-order valence-corrected chi connectivity index (χ3v) is 3.41. The Labute approximate surface area is 143 Å². The van der Waals surface area contributed by atoms with Crippen LogP contribution in [0.5, 0.6) is 0 Å². The van der Waals surface area contributed by atoms with E-state index in [1.807, 2.05) is 0 Å². The van der Waals surface area contributed by atoms with Crippen LogP contribution in [0.25, 0.3) is 0 Å². The largest absolute Gasteiger partial charge is 0.357 e. The van der Waals surface area contributed by atoms with Gasteiger partial charge in [0.1, 0.15) is 5.01 Å². The number of aliphatic imine (C=N–C) groups is 1. The summed E-state index contributed by atoms with van der Waals surface area (Å²) < 4.78 is 0. The molecule has 116 valence electrons. The Hall–Kier alpha value is -0.370. The predicted molar refractivity (Wildman–Crippen MR) is 99.3 cm³/mol. The van der Waals surface area contributed by atoms with E-state index >= 15 is 0 Å². The first-order chi connectivity index (χ1) is 9.02. The average Bonchev–Trinajstić information content (AvgIpc) is 2.81. The number of thiazole rings is 1. The molecule has 1 aromatic rings. The Morgan fingerprint density at radius 1 is 1.30 bits per heavy atom. The van der Waals surface area contributed by atoms with Crippen LogP contribution in [0.15, 0.2) is 10.4 Å². The highest BCUT2D eigenvalue weighted by Gasteiger charge is 2.05. The van der Waals surface area contributed by atoms with E-state index in [4.69, 9.17) is 0 Å². The summed E-state index contributed by atoms with van der Waals surface area (Å²) in [6.45, 7) is 13.2. The van der Waals surface area contributed by atoms with E-state index in [9.17, 15) is 0 Å². The van der Waals surface area contributed by atoms with Gasteiger partial charge >= 0.3 is 0 Å². The minimum absolute atomic E-state index is 0. The molecule has 0 radical (unpaired) electrons. The molecule has 0 fully saturated rings. The topological polar surface area (TPSA) is 49.3 Å². The molecule has 0 aromatic carbocycles. The van der Waals surface area contributed by atoms with Crippen molar-refractivity contribution >= 4 is 41.3 Å². The van der Waals surface area contributed by atoms with Gasteiger partial charge < -0.3 is 10.6 Å². The third kappa shape index (κ3) is 7.42. The van der Waals surface area contributed by atoms with Gasteiger partial charge in [0.05, 0.1) is 12.2 Å². The maximum atomic E-state index is 4.59. The highest BCUT2D eigenvalue weighted by Crippen LogP contribution is 2.18. The lowest BCUT2D eigenvalue weighted by Gasteiger charge is -2.12. The maximum absolute atomic E-state index is 4.59. The van der Waals surface area contributed by atoms with Gasteiger partial charge in [-0.05, 0) is 18.8 Å². The number of hydrogen-bond acceptors (Lipinski definition) is 3. The van der Waals surface area contributed by atoms with Crippen LogP contribution in [0.4, 0.5) is 0 Å². The lowest BCUT2D eigenvalue weighted by Crippen LogP contribution is -2.39. The molecular weight excluding hydrogens is 383 g/mol. The van der Waals surface area contributed by atoms with Crippen molar-refractivity contribution in [2.45, 2.75) is 47.1 Å². The van der Waals surface area contributed by atoms with Gasteiger partial charge in [0.15, 0.2) is 5.96 Å². The molecule has 0 aliphatic carbocycles. The van der Waals surface area contributed by atoms with Crippen molar-refractivity contribution in [2.24, 2.45) is 10.9 Å². The Morgan fingerprint density at radius 2 is 2.00 bits per heavy atom. The van der Waals surface area contributed by atoms with E-state index in [0.29, 0.717) is 18.4 Å². The number of aromatic nitrogens is 1. The predicted octanol–water partition coefficient (Wildman–Crippen LogP) is 3.60. The minimum atomic E-state index is 0. The normalized spacial score (nSPS) is 11.7. The molecule has 0 saturated heterocycles. The third-order valence-electron chi connectivity index (χ3n) is 2.56. The molecule has 1 heterocycles. The zero-order valence-electron chi connectivity index (χ0n) is 13.1.